The number of carboxylic acid groups (broad SMARTS) is 1. The van der Waals surface area contributed by atoms with E-state index in [1.807, 2.05) is 0 Å². The summed E-state index contributed by atoms with van der Waals surface area (Å²) in [6.07, 6.45) is 5.29. The molecule has 2 N–H and O–H groups in total. The molecule has 0 bridgehead atoms. The highest BCUT2D eigenvalue weighted by Gasteiger charge is 2.40. The van der Waals surface area contributed by atoms with Crippen LogP contribution in [0.3, 0.4) is 0 Å². The van der Waals surface area contributed by atoms with Crippen LogP contribution in [0, 0.1) is 5.92 Å². The summed E-state index contributed by atoms with van der Waals surface area (Å²) in [5.74, 6) is -0.444. The van der Waals surface area contributed by atoms with Crippen LogP contribution in [-0.4, -0.2) is 22.5 Å². The van der Waals surface area contributed by atoms with Gasteiger partial charge in [0.2, 0.25) is 5.91 Å². The number of hydrogen-bond donors (Lipinski definition) is 2. The fourth-order valence-corrected chi connectivity index (χ4v) is 2.50. The average Bonchev–Trinajstić information content (AvgIpc) is 2.13. The zero-order chi connectivity index (χ0) is 12.9. The van der Waals surface area contributed by atoms with Gasteiger partial charge in [-0.2, -0.15) is 0 Å². The highest BCUT2D eigenvalue weighted by molar-refractivity contribution is 5.78. The third-order valence-corrected chi connectivity index (χ3v) is 3.52. The smallest absolute Gasteiger partial charge is 0.305 e. The fraction of sp³-hybridized carbons (Fsp3) is 0.846. The Bertz CT molecular complexity index is 284. The maximum absolute atomic E-state index is 11.8. The molecule has 1 aliphatic rings. The van der Waals surface area contributed by atoms with E-state index in [1.165, 1.54) is 0 Å². The number of amides is 1. The lowest BCUT2D eigenvalue weighted by Gasteiger charge is -2.41. The van der Waals surface area contributed by atoms with Crippen molar-refractivity contribution < 1.29 is 14.7 Å². The molecule has 1 fully saturated rings. The first-order valence-electron chi connectivity index (χ1n) is 6.50. The van der Waals surface area contributed by atoms with E-state index < -0.39 is 11.5 Å². The van der Waals surface area contributed by atoms with Gasteiger partial charge in [-0.1, -0.05) is 26.7 Å². The maximum atomic E-state index is 11.8. The van der Waals surface area contributed by atoms with Crippen molar-refractivity contribution in [3.63, 3.8) is 0 Å². The normalized spacial score (nSPS) is 19.2. The van der Waals surface area contributed by atoms with Gasteiger partial charge in [0, 0.05) is 6.42 Å². The second-order valence-electron chi connectivity index (χ2n) is 5.35. The highest BCUT2D eigenvalue weighted by atomic mass is 16.4. The molecule has 1 amide bonds. The number of rotatable bonds is 7. The van der Waals surface area contributed by atoms with Crippen molar-refractivity contribution in [3.05, 3.63) is 0 Å². The first-order chi connectivity index (χ1) is 7.97. The zero-order valence-corrected chi connectivity index (χ0v) is 10.8. The van der Waals surface area contributed by atoms with Crippen LogP contribution in [0.25, 0.3) is 0 Å². The predicted octanol–water partition coefficient (Wildman–Crippen LogP) is 2.33. The molecule has 17 heavy (non-hydrogen) atoms. The molecular formula is C13H23NO3. The standard InChI is InChI=1S/C13H23NO3/c1-3-5-10(2)8-11(15)14-13(6-4-7-13)9-12(16)17/h10H,3-9H2,1-2H3,(H,14,15)(H,16,17). The molecule has 1 rings (SSSR count). The lowest BCUT2D eigenvalue weighted by molar-refractivity contribution is -0.140. The number of carbonyl (C=O) groups is 2. The molecule has 1 unspecified atom stereocenters. The zero-order valence-electron chi connectivity index (χ0n) is 10.8. The number of hydrogen-bond acceptors (Lipinski definition) is 2. The Balaban J connectivity index is 2.40. The second kappa shape index (κ2) is 6.03. The van der Waals surface area contributed by atoms with E-state index in [-0.39, 0.29) is 12.3 Å². The van der Waals surface area contributed by atoms with Crippen LogP contribution < -0.4 is 5.32 Å². The van der Waals surface area contributed by atoms with Crippen LogP contribution in [0.5, 0.6) is 0 Å². The molecule has 0 radical (unpaired) electrons. The van der Waals surface area contributed by atoms with Gasteiger partial charge in [-0.25, -0.2) is 0 Å². The van der Waals surface area contributed by atoms with E-state index in [1.54, 1.807) is 0 Å². The third kappa shape index (κ3) is 4.36. The summed E-state index contributed by atoms with van der Waals surface area (Å²) in [4.78, 5) is 22.6. The summed E-state index contributed by atoms with van der Waals surface area (Å²) in [6.45, 7) is 4.17. The Morgan fingerprint density at radius 3 is 2.47 bits per heavy atom. The topological polar surface area (TPSA) is 66.4 Å². The SMILES string of the molecule is CCCC(C)CC(=O)NC1(CC(=O)O)CCC1. The van der Waals surface area contributed by atoms with E-state index in [2.05, 4.69) is 19.2 Å². The van der Waals surface area contributed by atoms with Crippen molar-refractivity contribution in [3.8, 4) is 0 Å². The van der Waals surface area contributed by atoms with Crippen LogP contribution in [0.1, 0.15) is 58.8 Å². The molecule has 0 heterocycles. The van der Waals surface area contributed by atoms with Gasteiger partial charge in [-0.05, 0) is 25.2 Å². The molecular weight excluding hydrogens is 218 g/mol. The first-order valence-corrected chi connectivity index (χ1v) is 6.50. The van der Waals surface area contributed by atoms with Gasteiger partial charge in [0.15, 0.2) is 0 Å². The summed E-state index contributed by atoms with van der Waals surface area (Å²) in [6, 6.07) is 0. The number of carbonyl (C=O) groups excluding carboxylic acids is 1. The second-order valence-corrected chi connectivity index (χ2v) is 5.35. The van der Waals surface area contributed by atoms with Gasteiger partial charge >= 0.3 is 5.97 Å². The molecule has 0 aromatic rings. The Morgan fingerprint density at radius 1 is 1.41 bits per heavy atom. The van der Waals surface area contributed by atoms with E-state index in [0.717, 1.165) is 32.1 Å². The van der Waals surface area contributed by atoms with Crippen LogP contribution in [0.2, 0.25) is 0 Å². The van der Waals surface area contributed by atoms with Crippen molar-refractivity contribution in [2.24, 2.45) is 5.92 Å². The van der Waals surface area contributed by atoms with Gasteiger partial charge in [0.05, 0.1) is 12.0 Å². The summed E-state index contributed by atoms with van der Waals surface area (Å²) in [7, 11) is 0. The highest BCUT2D eigenvalue weighted by Crippen LogP contribution is 2.35. The minimum atomic E-state index is -0.827. The molecule has 0 aliphatic heterocycles. The van der Waals surface area contributed by atoms with E-state index in [9.17, 15) is 9.59 Å². The molecule has 0 spiro atoms. The van der Waals surface area contributed by atoms with Gasteiger partial charge in [-0.3, -0.25) is 9.59 Å². The average molecular weight is 241 g/mol. The first kappa shape index (κ1) is 14.0. The van der Waals surface area contributed by atoms with Gasteiger partial charge < -0.3 is 10.4 Å². The van der Waals surface area contributed by atoms with Gasteiger partial charge in [0.25, 0.3) is 0 Å². The molecule has 1 saturated carbocycles. The van der Waals surface area contributed by atoms with Gasteiger partial charge in [0.1, 0.15) is 0 Å². The Labute approximate surface area is 103 Å². The third-order valence-electron chi connectivity index (χ3n) is 3.52. The largest absolute Gasteiger partial charge is 0.481 e. The molecule has 0 aromatic heterocycles. The quantitative estimate of drug-likeness (QED) is 0.719. The van der Waals surface area contributed by atoms with Crippen molar-refractivity contribution in [2.75, 3.05) is 0 Å². The number of carboxylic acids is 1. The van der Waals surface area contributed by atoms with Crippen molar-refractivity contribution in [1.29, 1.82) is 0 Å². The molecule has 4 nitrogen and oxygen atoms in total. The Hall–Kier alpha value is -1.06. The van der Waals surface area contributed by atoms with E-state index in [4.69, 9.17) is 5.11 Å². The minimum absolute atomic E-state index is 0.00639. The Morgan fingerprint density at radius 2 is 2.06 bits per heavy atom. The van der Waals surface area contributed by atoms with Crippen molar-refractivity contribution in [1.82, 2.24) is 5.32 Å². The van der Waals surface area contributed by atoms with E-state index in [0.29, 0.717) is 12.3 Å². The maximum Gasteiger partial charge on any atom is 0.305 e. The van der Waals surface area contributed by atoms with Crippen LogP contribution in [0.15, 0.2) is 0 Å². The lowest BCUT2D eigenvalue weighted by atomic mass is 9.74. The number of aliphatic carboxylic acids is 1. The van der Waals surface area contributed by atoms with E-state index >= 15 is 0 Å². The molecule has 1 aliphatic carbocycles. The van der Waals surface area contributed by atoms with Crippen LogP contribution in [0.4, 0.5) is 0 Å². The van der Waals surface area contributed by atoms with Crippen LogP contribution in [-0.2, 0) is 9.59 Å². The van der Waals surface area contributed by atoms with Gasteiger partial charge in [-0.15, -0.1) is 0 Å². The van der Waals surface area contributed by atoms with Crippen molar-refractivity contribution >= 4 is 11.9 Å². The summed E-state index contributed by atoms with van der Waals surface area (Å²) >= 11 is 0. The van der Waals surface area contributed by atoms with Crippen molar-refractivity contribution in [2.45, 2.75) is 64.3 Å². The summed E-state index contributed by atoms with van der Waals surface area (Å²) in [5, 5.41) is 11.8. The number of nitrogens with one attached hydrogen (secondary N) is 1. The molecule has 1 atom stereocenters. The Kier molecular flexibility index (Phi) is 4.97. The molecule has 0 saturated heterocycles. The predicted molar refractivity (Wildman–Crippen MR) is 65.7 cm³/mol. The minimum Gasteiger partial charge on any atom is -0.481 e. The fourth-order valence-electron chi connectivity index (χ4n) is 2.50. The lowest BCUT2D eigenvalue weighted by Crippen LogP contribution is -2.54. The summed E-state index contributed by atoms with van der Waals surface area (Å²) in [5.41, 5.74) is -0.450. The summed E-state index contributed by atoms with van der Waals surface area (Å²) < 4.78 is 0. The monoisotopic (exact) mass is 241 g/mol. The molecule has 4 heteroatoms. The van der Waals surface area contributed by atoms with Crippen LogP contribution >= 0.6 is 0 Å². The molecule has 0 aromatic carbocycles. The molecule has 98 valence electrons.